The Bertz CT molecular complexity index is 600. The molecule has 0 radical (unpaired) electrons. The van der Waals surface area contributed by atoms with Crippen LogP contribution in [-0.4, -0.2) is 37.4 Å². The van der Waals surface area contributed by atoms with Crippen LogP contribution in [-0.2, 0) is 4.74 Å². The molecule has 1 aliphatic rings. The molecule has 2 aromatic rings. The van der Waals surface area contributed by atoms with Crippen molar-refractivity contribution in [2.45, 2.75) is 19.1 Å². The average Bonchev–Trinajstić information content (AvgIpc) is 2.63. The Morgan fingerprint density at radius 2 is 2.13 bits per heavy atom. The molecule has 1 N–H and O–H groups in total. The zero-order chi connectivity index (χ0) is 15.9. The molecule has 3 rings (SSSR count). The molecule has 2 heterocycles. The quantitative estimate of drug-likeness (QED) is 0.888. The van der Waals surface area contributed by atoms with Crippen molar-refractivity contribution in [2.75, 3.05) is 26.3 Å². The van der Waals surface area contributed by atoms with Crippen LogP contribution in [0.4, 0.5) is 0 Å². The van der Waals surface area contributed by atoms with Crippen LogP contribution in [0, 0.1) is 0 Å². The molecule has 2 atom stereocenters. The summed E-state index contributed by atoms with van der Waals surface area (Å²) in [6.45, 7) is 4.85. The van der Waals surface area contributed by atoms with Gasteiger partial charge in [0.25, 0.3) is 0 Å². The normalized spacial score (nSPS) is 19.1. The second kappa shape index (κ2) is 7.94. The Labute approximate surface area is 136 Å². The lowest BCUT2D eigenvalue weighted by molar-refractivity contribution is -0.0440. The molecule has 0 bridgehead atoms. The SMILES string of the molecule is CCOc1ccccc1O[C@@H](c1cccnc1)[C@@H]1CNCCO1. The summed E-state index contributed by atoms with van der Waals surface area (Å²) in [6, 6.07) is 11.6. The number of hydrogen-bond donors (Lipinski definition) is 1. The van der Waals surface area contributed by atoms with E-state index in [0.717, 1.165) is 30.2 Å². The molecule has 0 aliphatic carbocycles. The van der Waals surface area contributed by atoms with Crippen molar-refractivity contribution in [2.24, 2.45) is 0 Å². The zero-order valence-corrected chi connectivity index (χ0v) is 13.3. The van der Waals surface area contributed by atoms with Gasteiger partial charge < -0.3 is 19.5 Å². The number of pyridine rings is 1. The van der Waals surface area contributed by atoms with Gasteiger partial charge in [0.2, 0.25) is 0 Å². The molecule has 1 fully saturated rings. The molecule has 1 saturated heterocycles. The maximum Gasteiger partial charge on any atom is 0.162 e. The summed E-state index contributed by atoms with van der Waals surface area (Å²) in [4.78, 5) is 4.21. The van der Waals surface area contributed by atoms with E-state index in [4.69, 9.17) is 14.2 Å². The lowest BCUT2D eigenvalue weighted by Crippen LogP contribution is -2.43. The summed E-state index contributed by atoms with van der Waals surface area (Å²) < 4.78 is 17.9. The third-order valence-corrected chi connectivity index (χ3v) is 3.71. The number of morpholine rings is 1. The second-order valence-corrected chi connectivity index (χ2v) is 5.32. The molecule has 1 aromatic carbocycles. The number of nitrogens with one attached hydrogen (secondary N) is 1. The van der Waals surface area contributed by atoms with Gasteiger partial charge in [0.1, 0.15) is 6.10 Å². The highest BCUT2D eigenvalue weighted by molar-refractivity contribution is 5.40. The average molecular weight is 314 g/mol. The Kier molecular flexibility index (Phi) is 5.45. The van der Waals surface area contributed by atoms with Crippen LogP contribution < -0.4 is 14.8 Å². The highest BCUT2D eigenvalue weighted by Crippen LogP contribution is 2.33. The lowest BCUT2D eigenvalue weighted by Gasteiger charge is -2.31. The van der Waals surface area contributed by atoms with Crippen LogP contribution in [0.25, 0.3) is 0 Å². The number of ether oxygens (including phenoxy) is 3. The number of para-hydroxylation sites is 2. The van der Waals surface area contributed by atoms with E-state index < -0.39 is 0 Å². The fraction of sp³-hybridized carbons (Fsp3) is 0.389. The topological polar surface area (TPSA) is 52.6 Å². The van der Waals surface area contributed by atoms with Crippen molar-refractivity contribution in [1.29, 1.82) is 0 Å². The highest BCUT2D eigenvalue weighted by Gasteiger charge is 2.28. The van der Waals surface area contributed by atoms with Crippen molar-refractivity contribution >= 4 is 0 Å². The Balaban J connectivity index is 1.86. The van der Waals surface area contributed by atoms with Crippen molar-refractivity contribution in [3.8, 4) is 11.5 Å². The third-order valence-electron chi connectivity index (χ3n) is 3.71. The van der Waals surface area contributed by atoms with Crippen molar-refractivity contribution in [3.63, 3.8) is 0 Å². The predicted octanol–water partition coefficient (Wildman–Crippen LogP) is 2.59. The second-order valence-electron chi connectivity index (χ2n) is 5.32. The molecular weight excluding hydrogens is 292 g/mol. The van der Waals surface area contributed by atoms with E-state index in [-0.39, 0.29) is 12.2 Å². The van der Waals surface area contributed by atoms with Crippen LogP contribution in [0.15, 0.2) is 48.8 Å². The lowest BCUT2D eigenvalue weighted by atomic mass is 10.1. The first kappa shape index (κ1) is 15.8. The van der Waals surface area contributed by atoms with Gasteiger partial charge >= 0.3 is 0 Å². The predicted molar refractivity (Wildman–Crippen MR) is 87.8 cm³/mol. The van der Waals surface area contributed by atoms with Gasteiger partial charge in [-0.05, 0) is 25.1 Å². The monoisotopic (exact) mass is 314 g/mol. The van der Waals surface area contributed by atoms with Crippen LogP contribution in [0.3, 0.4) is 0 Å². The van der Waals surface area contributed by atoms with Crippen molar-refractivity contribution in [1.82, 2.24) is 10.3 Å². The number of benzene rings is 1. The first-order valence-corrected chi connectivity index (χ1v) is 7.99. The van der Waals surface area contributed by atoms with Gasteiger partial charge in [0.05, 0.1) is 13.2 Å². The van der Waals surface area contributed by atoms with Crippen LogP contribution >= 0.6 is 0 Å². The molecule has 0 amide bonds. The van der Waals surface area contributed by atoms with E-state index in [1.54, 1.807) is 6.20 Å². The Hall–Kier alpha value is -2.11. The van der Waals surface area contributed by atoms with Gasteiger partial charge in [-0.3, -0.25) is 4.98 Å². The van der Waals surface area contributed by atoms with Crippen LogP contribution in [0.2, 0.25) is 0 Å². The molecule has 0 saturated carbocycles. The van der Waals surface area contributed by atoms with Crippen LogP contribution in [0.1, 0.15) is 18.6 Å². The molecule has 1 aliphatic heterocycles. The summed E-state index contributed by atoms with van der Waals surface area (Å²) in [6.07, 6.45) is 3.28. The van der Waals surface area contributed by atoms with Crippen LogP contribution in [0.5, 0.6) is 11.5 Å². The molecular formula is C18H22N2O3. The van der Waals surface area contributed by atoms with E-state index in [2.05, 4.69) is 10.3 Å². The molecule has 1 aromatic heterocycles. The van der Waals surface area contributed by atoms with E-state index in [0.29, 0.717) is 13.2 Å². The van der Waals surface area contributed by atoms with Gasteiger partial charge in [-0.2, -0.15) is 0 Å². The van der Waals surface area contributed by atoms with Gasteiger partial charge in [0, 0.05) is 31.0 Å². The smallest absolute Gasteiger partial charge is 0.162 e. The minimum Gasteiger partial charge on any atom is -0.490 e. The largest absolute Gasteiger partial charge is 0.490 e. The number of hydrogen-bond acceptors (Lipinski definition) is 5. The third kappa shape index (κ3) is 4.00. The summed E-state index contributed by atoms with van der Waals surface area (Å²) in [7, 11) is 0. The van der Waals surface area contributed by atoms with Gasteiger partial charge in [-0.15, -0.1) is 0 Å². The molecule has 0 unspecified atom stereocenters. The molecule has 122 valence electrons. The van der Waals surface area contributed by atoms with E-state index in [9.17, 15) is 0 Å². The fourth-order valence-corrected chi connectivity index (χ4v) is 2.64. The standard InChI is InChI=1S/C18H22N2O3/c1-2-21-15-7-3-4-8-16(15)23-18(14-6-5-9-19-12-14)17-13-20-10-11-22-17/h3-9,12,17-18,20H,2,10-11,13H2,1H3/t17-,18-/m0/s1. The minimum atomic E-state index is -0.238. The number of nitrogens with zero attached hydrogens (tertiary/aromatic N) is 1. The minimum absolute atomic E-state index is 0.0670. The fourth-order valence-electron chi connectivity index (χ4n) is 2.64. The van der Waals surface area contributed by atoms with E-state index in [1.165, 1.54) is 0 Å². The first-order valence-electron chi connectivity index (χ1n) is 7.99. The molecule has 0 spiro atoms. The molecule has 5 nitrogen and oxygen atoms in total. The van der Waals surface area contributed by atoms with Gasteiger partial charge in [0.15, 0.2) is 17.6 Å². The highest BCUT2D eigenvalue weighted by atomic mass is 16.6. The first-order chi connectivity index (χ1) is 11.4. The summed E-state index contributed by atoms with van der Waals surface area (Å²) in [5.41, 5.74) is 0.993. The molecule has 5 heteroatoms. The van der Waals surface area contributed by atoms with Crippen molar-refractivity contribution < 1.29 is 14.2 Å². The molecule has 23 heavy (non-hydrogen) atoms. The van der Waals surface area contributed by atoms with E-state index >= 15 is 0 Å². The van der Waals surface area contributed by atoms with Gasteiger partial charge in [-0.25, -0.2) is 0 Å². The van der Waals surface area contributed by atoms with E-state index in [1.807, 2.05) is 49.5 Å². The number of aromatic nitrogens is 1. The summed E-state index contributed by atoms with van der Waals surface area (Å²) >= 11 is 0. The Morgan fingerprint density at radius 1 is 1.26 bits per heavy atom. The summed E-state index contributed by atoms with van der Waals surface area (Å²) in [5.74, 6) is 1.46. The maximum absolute atomic E-state index is 6.29. The maximum atomic E-state index is 6.29. The Morgan fingerprint density at radius 3 is 2.83 bits per heavy atom. The number of rotatable bonds is 6. The summed E-state index contributed by atoms with van der Waals surface area (Å²) in [5, 5.41) is 3.35. The van der Waals surface area contributed by atoms with Gasteiger partial charge in [-0.1, -0.05) is 18.2 Å². The zero-order valence-electron chi connectivity index (χ0n) is 13.3. The van der Waals surface area contributed by atoms with Crippen molar-refractivity contribution in [3.05, 3.63) is 54.4 Å².